The molecule has 2 heterocycles. The molecule has 2 fully saturated rings. The first-order valence-electron chi connectivity index (χ1n) is 11.1. The highest BCUT2D eigenvalue weighted by atomic mass is 32.2. The zero-order valence-corrected chi connectivity index (χ0v) is 19.5. The van der Waals surface area contributed by atoms with Crippen LogP contribution in [0.1, 0.15) is 77.6 Å². The quantitative estimate of drug-likeness (QED) is 0.518. The number of nitrogens with zero attached hydrogens (tertiary/aromatic N) is 4. The average molecular weight is 438 g/mol. The molecule has 1 atom stereocenters. The van der Waals surface area contributed by atoms with Crippen molar-refractivity contribution >= 4 is 23.8 Å². The van der Waals surface area contributed by atoms with Gasteiger partial charge in [-0.1, -0.05) is 24.6 Å². The van der Waals surface area contributed by atoms with Gasteiger partial charge >= 0.3 is 6.09 Å². The Labute approximate surface area is 183 Å². The minimum atomic E-state index is -0.564. The van der Waals surface area contributed by atoms with Crippen LogP contribution in [0.3, 0.4) is 0 Å². The second-order valence-corrected chi connectivity index (χ2v) is 9.91. The summed E-state index contributed by atoms with van der Waals surface area (Å²) in [6.45, 7) is 6.63. The van der Waals surface area contributed by atoms with Crippen molar-refractivity contribution in [3.05, 3.63) is 5.82 Å². The number of thioether (sulfide) groups is 1. The van der Waals surface area contributed by atoms with Gasteiger partial charge < -0.3 is 14.6 Å². The molecule has 0 unspecified atom stereocenters. The molecule has 0 bridgehead atoms. The van der Waals surface area contributed by atoms with E-state index in [4.69, 9.17) is 4.74 Å². The van der Waals surface area contributed by atoms with Gasteiger partial charge in [0, 0.05) is 25.6 Å². The van der Waals surface area contributed by atoms with Gasteiger partial charge in [-0.15, -0.1) is 10.2 Å². The predicted octanol–water partition coefficient (Wildman–Crippen LogP) is 3.56. The predicted molar refractivity (Wildman–Crippen MR) is 117 cm³/mol. The molecule has 9 heteroatoms. The number of aromatic nitrogens is 3. The average Bonchev–Trinajstić information content (AvgIpc) is 3.43. The van der Waals surface area contributed by atoms with Gasteiger partial charge in [-0.3, -0.25) is 9.69 Å². The van der Waals surface area contributed by atoms with E-state index in [-0.39, 0.29) is 5.91 Å². The molecular formula is C21H35N5O3S. The van der Waals surface area contributed by atoms with Crippen molar-refractivity contribution in [2.75, 3.05) is 19.3 Å². The summed E-state index contributed by atoms with van der Waals surface area (Å²) in [5.41, 5.74) is -0.564. The van der Waals surface area contributed by atoms with Crippen molar-refractivity contribution in [2.45, 2.75) is 95.0 Å². The Morgan fingerprint density at radius 1 is 1.17 bits per heavy atom. The lowest BCUT2D eigenvalue weighted by atomic mass is 10.2. The summed E-state index contributed by atoms with van der Waals surface area (Å²) in [5, 5.41) is 12.7. The fraction of sp³-hybridized carbons (Fsp3) is 0.810. The number of amides is 2. The third kappa shape index (κ3) is 5.68. The van der Waals surface area contributed by atoms with E-state index in [0.29, 0.717) is 25.6 Å². The van der Waals surface area contributed by atoms with E-state index in [1.165, 1.54) is 25.7 Å². The number of rotatable bonds is 7. The van der Waals surface area contributed by atoms with Crippen LogP contribution in [0.15, 0.2) is 5.16 Å². The molecule has 0 aromatic carbocycles. The highest BCUT2D eigenvalue weighted by Crippen LogP contribution is 2.33. The highest BCUT2D eigenvalue weighted by molar-refractivity contribution is 7.98. The Hall–Kier alpha value is -1.77. The Morgan fingerprint density at radius 3 is 2.57 bits per heavy atom. The Kier molecular flexibility index (Phi) is 7.65. The second kappa shape index (κ2) is 10.0. The number of likely N-dealkylation sites (tertiary alicyclic amines) is 1. The number of hydrogen-bond acceptors (Lipinski definition) is 6. The molecule has 168 valence electrons. The number of nitrogens with one attached hydrogen (secondary N) is 1. The Balaban J connectivity index is 1.49. The van der Waals surface area contributed by atoms with Gasteiger partial charge in [0.2, 0.25) is 5.91 Å². The van der Waals surface area contributed by atoms with Crippen LogP contribution >= 0.6 is 11.8 Å². The van der Waals surface area contributed by atoms with Crippen molar-refractivity contribution < 1.29 is 14.3 Å². The molecule has 1 aliphatic carbocycles. The van der Waals surface area contributed by atoms with Gasteiger partial charge in [-0.25, -0.2) is 4.79 Å². The van der Waals surface area contributed by atoms with Crippen molar-refractivity contribution in [1.29, 1.82) is 0 Å². The SMILES string of the molecule is CSc1nnc(CCCNC(=O)[C@@H]2CCCN2C(=O)OC(C)(C)C)n1C1CCCC1. The minimum Gasteiger partial charge on any atom is -0.444 e. The monoisotopic (exact) mass is 437 g/mol. The van der Waals surface area contributed by atoms with Crippen LogP contribution in [0.2, 0.25) is 0 Å². The van der Waals surface area contributed by atoms with Crippen molar-refractivity contribution in [2.24, 2.45) is 0 Å². The van der Waals surface area contributed by atoms with E-state index >= 15 is 0 Å². The first-order chi connectivity index (χ1) is 14.3. The lowest BCUT2D eigenvalue weighted by Crippen LogP contribution is -2.47. The lowest BCUT2D eigenvalue weighted by molar-refractivity contribution is -0.125. The number of carbonyl (C=O) groups is 2. The molecule has 2 amide bonds. The van der Waals surface area contributed by atoms with Gasteiger partial charge in [-0.05, 0) is 59.1 Å². The molecule has 1 N–H and O–H groups in total. The van der Waals surface area contributed by atoms with Crippen LogP contribution in [0.5, 0.6) is 0 Å². The summed E-state index contributed by atoms with van der Waals surface area (Å²) in [4.78, 5) is 26.6. The summed E-state index contributed by atoms with van der Waals surface area (Å²) < 4.78 is 7.75. The molecule has 1 saturated carbocycles. The lowest BCUT2D eigenvalue weighted by Gasteiger charge is -2.28. The summed E-state index contributed by atoms with van der Waals surface area (Å²) >= 11 is 1.64. The smallest absolute Gasteiger partial charge is 0.410 e. The normalized spacial score (nSPS) is 20.0. The summed E-state index contributed by atoms with van der Waals surface area (Å²) in [7, 11) is 0. The molecule has 1 aromatic rings. The van der Waals surface area contributed by atoms with Crippen LogP contribution in [0.25, 0.3) is 0 Å². The second-order valence-electron chi connectivity index (χ2n) is 9.14. The maximum absolute atomic E-state index is 12.7. The van der Waals surface area contributed by atoms with Crippen LogP contribution in [-0.4, -0.2) is 62.7 Å². The highest BCUT2D eigenvalue weighted by Gasteiger charge is 2.36. The fourth-order valence-corrected chi connectivity index (χ4v) is 4.87. The van der Waals surface area contributed by atoms with Gasteiger partial charge in [0.25, 0.3) is 0 Å². The molecule has 2 aliphatic rings. The van der Waals surface area contributed by atoms with Crippen molar-refractivity contribution in [3.8, 4) is 0 Å². The molecule has 0 spiro atoms. The van der Waals surface area contributed by atoms with Gasteiger partial charge in [0.05, 0.1) is 0 Å². The molecule has 1 saturated heterocycles. The molecule has 1 aliphatic heterocycles. The zero-order valence-electron chi connectivity index (χ0n) is 18.6. The van der Waals surface area contributed by atoms with Crippen molar-refractivity contribution in [1.82, 2.24) is 25.0 Å². The standard InChI is InChI=1S/C21H35N5O3S/c1-21(2,3)29-20(28)25-14-8-11-16(25)18(27)22-13-7-12-17-23-24-19(30-4)26(17)15-9-5-6-10-15/h15-16H,5-14H2,1-4H3,(H,22,27)/t16-/m0/s1. The third-order valence-corrected chi connectivity index (χ3v) is 6.31. The maximum Gasteiger partial charge on any atom is 0.410 e. The first-order valence-corrected chi connectivity index (χ1v) is 12.3. The number of carbonyl (C=O) groups excluding carboxylic acids is 2. The number of aryl methyl sites for hydroxylation is 1. The van der Waals surface area contributed by atoms with E-state index in [9.17, 15) is 9.59 Å². The third-order valence-electron chi connectivity index (χ3n) is 5.67. The Bertz CT molecular complexity index is 739. The zero-order chi connectivity index (χ0) is 21.7. The molecular weight excluding hydrogens is 402 g/mol. The molecule has 0 radical (unpaired) electrons. The largest absolute Gasteiger partial charge is 0.444 e. The van der Waals surface area contributed by atoms with E-state index in [0.717, 1.165) is 30.2 Å². The minimum absolute atomic E-state index is 0.0968. The summed E-state index contributed by atoms with van der Waals surface area (Å²) in [5.74, 6) is 0.914. The van der Waals surface area contributed by atoms with Crippen LogP contribution in [0.4, 0.5) is 4.79 Å². The molecule has 3 rings (SSSR count). The van der Waals surface area contributed by atoms with Crippen LogP contribution in [-0.2, 0) is 16.0 Å². The number of ether oxygens (including phenoxy) is 1. The maximum atomic E-state index is 12.7. The summed E-state index contributed by atoms with van der Waals surface area (Å²) in [6.07, 6.45) is 9.62. The van der Waals surface area contributed by atoms with Crippen LogP contribution in [0, 0.1) is 0 Å². The first kappa shape index (κ1) is 22.9. The van der Waals surface area contributed by atoms with Gasteiger partial charge in [-0.2, -0.15) is 0 Å². The van der Waals surface area contributed by atoms with E-state index in [1.807, 2.05) is 27.0 Å². The topological polar surface area (TPSA) is 89.3 Å². The molecule has 30 heavy (non-hydrogen) atoms. The van der Waals surface area contributed by atoms with Crippen LogP contribution < -0.4 is 5.32 Å². The Morgan fingerprint density at radius 2 is 1.90 bits per heavy atom. The molecule has 1 aromatic heterocycles. The van der Waals surface area contributed by atoms with E-state index < -0.39 is 17.7 Å². The van der Waals surface area contributed by atoms with E-state index in [2.05, 4.69) is 20.1 Å². The van der Waals surface area contributed by atoms with Gasteiger partial charge in [0.15, 0.2) is 5.16 Å². The summed E-state index contributed by atoms with van der Waals surface area (Å²) in [6, 6.07) is 0.0676. The fourth-order valence-electron chi connectivity index (χ4n) is 4.30. The molecule has 8 nitrogen and oxygen atoms in total. The van der Waals surface area contributed by atoms with Gasteiger partial charge in [0.1, 0.15) is 17.5 Å². The van der Waals surface area contributed by atoms with Crippen molar-refractivity contribution in [3.63, 3.8) is 0 Å². The van der Waals surface area contributed by atoms with E-state index in [1.54, 1.807) is 16.7 Å². The number of hydrogen-bond donors (Lipinski definition) is 1.